The van der Waals surface area contributed by atoms with E-state index < -0.39 is 0 Å². The molecule has 0 amide bonds. The van der Waals surface area contributed by atoms with Gasteiger partial charge in [-0.1, -0.05) is 6.07 Å². The maximum atomic E-state index is 8.87. The Bertz CT molecular complexity index is 673. The molecule has 3 heteroatoms. The molecule has 1 aliphatic rings. The third-order valence-corrected chi connectivity index (χ3v) is 3.92. The first kappa shape index (κ1) is 13.6. The third-order valence-electron chi connectivity index (χ3n) is 3.92. The summed E-state index contributed by atoms with van der Waals surface area (Å²) in [7, 11) is 0. The Labute approximate surface area is 125 Å². The van der Waals surface area contributed by atoms with E-state index >= 15 is 0 Å². The Hall–Kier alpha value is -2.34. The van der Waals surface area contributed by atoms with Crippen molar-refractivity contribution in [2.45, 2.75) is 32.2 Å². The lowest BCUT2D eigenvalue weighted by molar-refractivity contribution is -0.698. The largest absolute Gasteiger partial charge is 0.487 e. The minimum atomic E-state index is 0.609. The van der Waals surface area contributed by atoms with Crippen LogP contribution in [0.3, 0.4) is 0 Å². The van der Waals surface area contributed by atoms with E-state index in [-0.39, 0.29) is 0 Å². The summed E-state index contributed by atoms with van der Waals surface area (Å²) in [6.07, 6.45) is 9.42. The zero-order chi connectivity index (χ0) is 14.5. The molecule has 106 valence electrons. The highest BCUT2D eigenvalue weighted by atomic mass is 16.5. The van der Waals surface area contributed by atoms with Crippen LogP contribution in [0.15, 0.2) is 42.7 Å². The van der Waals surface area contributed by atoms with Crippen LogP contribution in [0.1, 0.15) is 29.5 Å². The minimum absolute atomic E-state index is 0.609. The second kappa shape index (κ2) is 6.41. The molecule has 0 spiro atoms. The summed E-state index contributed by atoms with van der Waals surface area (Å²) in [5.41, 5.74) is 3.62. The van der Waals surface area contributed by atoms with Crippen LogP contribution in [0.4, 0.5) is 0 Å². The van der Waals surface area contributed by atoms with Crippen molar-refractivity contribution in [2.24, 2.45) is 0 Å². The van der Waals surface area contributed by atoms with Gasteiger partial charge in [-0.2, -0.15) is 5.26 Å². The molecule has 0 N–H and O–H groups in total. The fourth-order valence-electron chi connectivity index (χ4n) is 2.78. The molecule has 1 aromatic heterocycles. The lowest BCUT2D eigenvalue weighted by Crippen LogP contribution is -2.37. The lowest BCUT2D eigenvalue weighted by Gasteiger charge is -2.13. The lowest BCUT2D eigenvalue weighted by atomic mass is 9.93. The summed E-state index contributed by atoms with van der Waals surface area (Å²) >= 11 is 0. The number of fused-ring (bicyclic) bond motifs is 1. The van der Waals surface area contributed by atoms with E-state index in [9.17, 15) is 0 Å². The summed E-state index contributed by atoms with van der Waals surface area (Å²) in [5, 5.41) is 8.87. The second-order valence-corrected chi connectivity index (χ2v) is 5.43. The van der Waals surface area contributed by atoms with Crippen molar-refractivity contribution in [1.29, 1.82) is 5.26 Å². The smallest absolute Gasteiger partial charge is 0.182 e. The number of hydrogen-bond donors (Lipinski definition) is 0. The van der Waals surface area contributed by atoms with E-state index in [0.717, 1.165) is 12.3 Å². The molecule has 1 aliphatic carbocycles. The van der Waals surface area contributed by atoms with E-state index in [0.29, 0.717) is 12.2 Å². The quantitative estimate of drug-likeness (QED) is 0.807. The fraction of sp³-hybridized carbons (Fsp3) is 0.333. The fourth-order valence-corrected chi connectivity index (χ4v) is 2.78. The van der Waals surface area contributed by atoms with Crippen LogP contribution in [-0.2, 0) is 19.4 Å². The van der Waals surface area contributed by atoms with Gasteiger partial charge in [-0.3, -0.25) is 0 Å². The summed E-state index contributed by atoms with van der Waals surface area (Å²) < 4.78 is 7.92. The van der Waals surface area contributed by atoms with Crippen molar-refractivity contribution < 1.29 is 9.30 Å². The number of rotatable bonds is 4. The first-order valence-corrected chi connectivity index (χ1v) is 7.49. The molecule has 0 unspecified atom stereocenters. The van der Waals surface area contributed by atoms with Gasteiger partial charge in [-0.15, -0.1) is 0 Å². The molecular weight excluding hydrogens is 260 g/mol. The molecule has 21 heavy (non-hydrogen) atoms. The molecule has 0 bridgehead atoms. The standard InChI is InChI=1S/C18H19N2O/c19-13-15-4-3-7-18(12-15)21-11-10-20-9-8-16-5-1-2-6-17(16)14-20/h3-4,7-9,12,14H,1-2,5-6,10-11H2/q+1. The first-order chi connectivity index (χ1) is 10.3. The van der Waals surface area contributed by atoms with Gasteiger partial charge in [-0.05, 0) is 49.4 Å². The number of nitriles is 1. The van der Waals surface area contributed by atoms with Gasteiger partial charge in [-0.25, -0.2) is 4.57 Å². The zero-order valence-corrected chi connectivity index (χ0v) is 12.1. The van der Waals surface area contributed by atoms with E-state index in [1.54, 1.807) is 12.1 Å². The number of ether oxygens (including phenoxy) is 1. The second-order valence-electron chi connectivity index (χ2n) is 5.43. The van der Waals surface area contributed by atoms with Crippen LogP contribution >= 0.6 is 0 Å². The van der Waals surface area contributed by atoms with Crippen LogP contribution in [0.25, 0.3) is 0 Å². The average molecular weight is 279 g/mol. The van der Waals surface area contributed by atoms with Crippen LogP contribution in [0.2, 0.25) is 0 Å². The van der Waals surface area contributed by atoms with Gasteiger partial charge in [0.25, 0.3) is 0 Å². The molecule has 0 aliphatic heterocycles. The molecule has 0 saturated carbocycles. The Morgan fingerprint density at radius 1 is 1.14 bits per heavy atom. The number of aromatic nitrogens is 1. The van der Waals surface area contributed by atoms with Crippen molar-refractivity contribution in [2.75, 3.05) is 6.61 Å². The highest BCUT2D eigenvalue weighted by Gasteiger charge is 2.13. The minimum Gasteiger partial charge on any atom is -0.487 e. The van der Waals surface area contributed by atoms with Gasteiger partial charge in [0.05, 0.1) is 11.6 Å². The van der Waals surface area contributed by atoms with Crippen LogP contribution in [-0.4, -0.2) is 6.61 Å². The summed E-state index contributed by atoms with van der Waals surface area (Å²) in [4.78, 5) is 0. The van der Waals surface area contributed by atoms with Gasteiger partial charge in [0.2, 0.25) is 0 Å². The summed E-state index contributed by atoms with van der Waals surface area (Å²) in [5.74, 6) is 0.757. The highest BCUT2D eigenvalue weighted by Crippen LogP contribution is 2.18. The molecule has 3 rings (SSSR count). The molecule has 0 radical (unpaired) electrons. The Morgan fingerprint density at radius 3 is 2.86 bits per heavy atom. The number of hydrogen-bond acceptors (Lipinski definition) is 2. The monoisotopic (exact) mass is 279 g/mol. The van der Waals surface area contributed by atoms with Crippen molar-refractivity contribution in [3.63, 3.8) is 0 Å². The Kier molecular flexibility index (Phi) is 4.16. The summed E-state index contributed by atoms with van der Waals surface area (Å²) in [6, 6.07) is 11.7. The predicted molar refractivity (Wildman–Crippen MR) is 79.9 cm³/mol. The van der Waals surface area contributed by atoms with Crippen LogP contribution in [0, 0.1) is 11.3 Å². The van der Waals surface area contributed by atoms with E-state index in [4.69, 9.17) is 10.00 Å². The molecule has 0 fully saturated rings. The molecule has 2 aromatic rings. The Balaban J connectivity index is 1.59. The van der Waals surface area contributed by atoms with Crippen LogP contribution < -0.4 is 9.30 Å². The maximum Gasteiger partial charge on any atom is 0.182 e. The molecular formula is C18H19N2O+. The Morgan fingerprint density at radius 2 is 2.00 bits per heavy atom. The van der Waals surface area contributed by atoms with E-state index in [1.165, 1.54) is 36.8 Å². The summed E-state index contributed by atoms with van der Waals surface area (Å²) in [6.45, 7) is 1.43. The third kappa shape index (κ3) is 3.41. The molecule has 0 atom stereocenters. The number of pyridine rings is 1. The van der Waals surface area contributed by atoms with Gasteiger partial charge in [0.15, 0.2) is 18.9 Å². The molecule has 3 nitrogen and oxygen atoms in total. The van der Waals surface area contributed by atoms with Crippen molar-refractivity contribution in [1.82, 2.24) is 0 Å². The van der Waals surface area contributed by atoms with Crippen molar-refractivity contribution in [3.8, 4) is 11.8 Å². The average Bonchev–Trinajstić information content (AvgIpc) is 2.55. The SMILES string of the molecule is N#Cc1cccc(OCC[n+]2ccc3c(c2)CCCC3)c1. The zero-order valence-electron chi connectivity index (χ0n) is 12.1. The highest BCUT2D eigenvalue weighted by molar-refractivity contribution is 5.36. The topological polar surface area (TPSA) is 36.9 Å². The van der Waals surface area contributed by atoms with Gasteiger partial charge >= 0.3 is 0 Å². The molecule has 1 heterocycles. The molecule has 0 saturated heterocycles. The molecule has 1 aromatic carbocycles. The van der Waals surface area contributed by atoms with E-state index in [2.05, 4.69) is 29.1 Å². The number of benzene rings is 1. The van der Waals surface area contributed by atoms with Crippen LogP contribution in [0.5, 0.6) is 5.75 Å². The maximum absolute atomic E-state index is 8.87. The van der Waals surface area contributed by atoms with E-state index in [1.807, 2.05) is 12.1 Å². The van der Waals surface area contributed by atoms with Gasteiger partial charge < -0.3 is 4.74 Å². The van der Waals surface area contributed by atoms with Crippen molar-refractivity contribution in [3.05, 3.63) is 59.4 Å². The normalized spacial score (nSPS) is 13.3. The predicted octanol–water partition coefficient (Wildman–Crippen LogP) is 2.80. The van der Waals surface area contributed by atoms with Gasteiger partial charge in [0.1, 0.15) is 12.4 Å². The number of aryl methyl sites for hydroxylation is 2. The van der Waals surface area contributed by atoms with Gasteiger partial charge in [0, 0.05) is 11.6 Å². The van der Waals surface area contributed by atoms with Crippen molar-refractivity contribution >= 4 is 0 Å². The first-order valence-electron chi connectivity index (χ1n) is 7.49. The number of nitrogens with zero attached hydrogens (tertiary/aromatic N) is 2.